The van der Waals surface area contributed by atoms with Crippen LogP contribution >= 0.6 is 22.9 Å². The first-order valence-corrected chi connectivity index (χ1v) is 7.60. The zero-order chi connectivity index (χ0) is 14.5. The number of rotatable bonds is 6. The summed E-state index contributed by atoms with van der Waals surface area (Å²) in [7, 11) is 1.98. The molecule has 2 aromatic rings. The van der Waals surface area contributed by atoms with Gasteiger partial charge in [-0.25, -0.2) is 0 Å². The highest BCUT2D eigenvalue weighted by molar-refractivity contribution is 7.09. The van der Waals surface area contributed by atoms with Crippen LogP contribution in [0.15, 0.2) is 35.7 Å². The van der Waals surface area contributed by atoms with Gasteiger partial charge in [0.2, 0.25) is 0 Å². The average Bonchev–Trinajstić information content (AvgIpc) is 2.97. The van der Waals surface area contributed by atoms with Crippen LogP contribution in [0.1, 0.15) is 10.4 Å². The van der Waals surface area contributed by atoms with Crippen molar-refractivity contribution >= 4 is 34.3 Å². The Morgan fingerprint density at radius 3 is 2.80 bits per heavy atom. The van der Waals surface area contributed by atoms with Gasteiger partial charge in [-0.3, -0.25) is 10.1 Å². The maximum absolute atomic E-state index is 10.8. The minimum Gasteiger partial charge on any atom is -0.374 e. The molecule has 1 aromatic carbocycles. The van der Waals surface area contributed by atoms with E-state index in [4.69, 9.17) is 11.6 Å². The van der Waals surface area contributed by atoms with Crippen LogP contribution in [0.3, 0.4) is 0 Å². The van der Waals surface area contributed by atoms with Gasteiger partial charge in [0.15, 0.2) is 0 Å². The lowest BCUT2D eigenvalue weighted by Gasteiger charge is -2.21. The van der Waals surface area contributed by atoms with Crippen molar-refractivity contribution in [1.82, 2.24) is 0 Å². The van der Waals surface area contributed by atoms with Crippen molar-refractivity contribution in [2.45, 2.75) is 12.3 Å². The van der Waals surface area contributed by atoms with Gasteiger partial charge in [0.05, 0.1) is 4.92 Å². The lowest BCUT2D eigenvalue weighted by atomic mass is 10.1. The van der Waals surface area contributed by atoms with Crippen molar-refractivity contribution in [3.8, 4) is 0 Å². The summed E-state index contributed by atoms with van der Waals surface area (Å²) in [4.78, 5) is 13.8. The van der Waals surface area contributed by atoms with Crippen molar-refractivity contribution in [3.63, 3.8) is 0 Å². The molecule has 0 aliphatic carbocycles. The van der Waals surface area contributed by atoms with Gasteiger partial charge in [0.1, 0.15) is 0 Å². The Hall–Kier alpha value is -1.59. The standard InChI is InChI=1S/C14H15ClN2O2S/c1-16(7-6-13-3-2-8-20-13)14-5-4-12(17(18)19)9-11(14)10-15/h2-5,8-9H,6-7,10H2,1H3. The minimum absolute atomic E-state index is 0.0797. The average molecular weight is 311 g/mol. The molecule has 0 aliphatic rings. The molecule has 4 nitrogen and oxygen atoms in total. The molecule has 2 rings (SSSR count). The quantitative estimate of drug-likeness (QED) is 0.459. The predicted molar refractivity (Wildman–Crippen MR) is 83.9 cm³/mol. The van der Waals surface area contributed by atoms with E-state index in [1.54, 1.807) is 23.5 Å². The number of benzene rings is 1. The van der Waals surface area contributed by atoms with Gasteiger partial charge in [-0.05, 0) is 29.5 Å². The molecule has 0 saturated carbocycles. The van der Waals surface area contributed by atoms with Crippen LogP contribution in [0.5, 0.6) is 0 Å². The third-order valence-electron chi connectivity index (χ3n) is 3.10. The highest BCUT2D eigenvalue weighted by atomic mass is 35.5. The molecule has 0 saturated heterocycles. The molecule has 0 aliphatic heterocycles. The molecule has 0 fully saturated rings. The van der Waals surface area contributed by atoms with Crippen LogP contribution in [0.2, 0.25) is 0 Å². The molecular formula is C14H15ClN2O2S. The number of nitro groups is 1. The molecule has 0 spiro atoms. The van der Waals surface area contributed by atoms with Crippen molar-refractivity contribution in [1.29, 1.82) is 0 Å². The monoisotopic (exact) mass is 310 g/mol. The van der Waals surface area contributed by atoms with E-state index in [1.165, 1.54) is 10.9 Å². The van der Waals surface area contributed by atoms with Crippen LogP contribution in [-0.2, 0) is 12.3 Å². The summed E-state index contributed by atoms with van der Waals surface area (Å²) in [6.45, 7) is 0.849. The van der Waals surface area contributed by atoms with Gasteiger partial charge >= 0.3 is 0 Å². The summed E-state index contributed by atoms with van der Waals surface area (Å²) >= 11 is 7.64. The fourth-order valence-electron chi connectivity index (χ4n) is 2.02. The van der Waals surface area contributed by atoms with E-state index in [0.29, 0.717) is 0 Å². The zero-order valence-corrected chi connectivity index (χ0v) is 12.7. The number of nitro benzene ring substituents is 1. The fraction of sp³-hybridized carbons (Fsp3) is 0.286. The maximum atomic E-state index is 10.8. The Morgan fingerprint density at radius 2 is 2.20 bits per heavy atom. The smallest absolute Gasteiger partial charge is 0.269 e. The minimum atomic E-state index is -0.397. The Kier molecular flexibility index (Phi) is 4.98. The number of thiophene rings is 1. The van der Waals surface area contributed by atoms with E-state index in [0.717, 1.165) is 24.2 Å². The first-order valence-electron chi connectivity index (χ1n) is 6.18. The van der Waals surface area contributed by atoms with E-state index < -0.39 is 4.92 Å². The van der Waals surface area contributed by atoms with E-state index in [1.807, 2.05) is 13.1 Å². The van der Waals surface area contributed by atoms with Gasteiger partial charge in [0, 0.05) is 42.2 Å². The molecule has 1 heterocycles. The largest absolute Gasteiger partial charge is 0.374 e. The second-order valence-corrected chi connectivity index (χ2v) is 5.75. The van der Waals surface area contributed by atoms with Gasteiger partial charge in [0.25, 0.3) is 5.69 Å². The molecule has 0 atom stereocenters. The molecule has 0 radical (unpaired) electrons. The second-order valence-electron chi connectivity index (χ2n) is 4.45. The second kappa shape index (κ2) is 6.72. The molecule has 0 unspecified atom stereocenters. The molecular weight excluding hydrogens is 296 g/mol. The Labute approximate surface area is 126 Å². The SMILES string of the molecule is CN(CCc1cccs1)c1ccc([N+](=O)[O-])cc1CCl. The van der Waals surface area contributed by atoms with E-state index in [-0.39, 0.29) is 11.6 Å². The number of hydrogen-bond donors (Lipinski definition) is 0. The van der Waals surface area contributed by atoms with Crippen LogP contribution in [-0.4, -0.2) is 18.5 Å². The van der Waals surface area contributed by atoms with Crippen molar-refractivity contribution in [2.75, 3.05) is 18.5 Å². The molecule has 1 aromatic heterocycles. The van der Waals surface area contributed by atoms with E-state index >= 15 is 0 Å². The molecule has 106 valence electrons. The molecule has 0 amide bonds. The van der Waals surface area contributed by atoms with Crippen molar-refractivity contribution in [3.05, 3.63) is 56.3 Å². The Balaban J connectivity index is 2.12. The van der Waals surface area contributed by atoms with Crippen LogP contribution in [0.4, 0.5) is 11.4 Å². The summed E-state index contributed by atoms with van der Waals surface area (Å²) in [5.41, 5.74) is 1.81. The highest BCUT2D eigenvalue weighted by Crippen LogP contribution is 2.26. The third-order valence-corrected chi connectivity index (χ3v) is 4.33. The topological polar surface area (TPSA) is 46.4 Å². The van der Waals surface area contributed by atoms with Gasteiger partial charge in [-0.1, -0.05) is 6.07 Å². The summed E-state index contributed by atoms with van der Waals surface area (Å²) in [6, 6.07) is 8.98. The summed E-state index contributed by atoms with van der Waals surface area (Å²) in [6.07, 6.45) is 0.951. The Bertz CT molecular complexity index is 587. The van der Waals surface area contributed by atoms with Crippen LogP contribution in [0.25, 0.3) is 0 Å². The zero-order valence-electron chi connectivity index (χ0n) is 11.1. The van der Waals surface area contributed by atoms with Crippen LogP contribution in [0, 0.1) is 10.1 Å². The Morgan fingerprint density at radius 1 is 1.40 bits per heavy atom. The van der Waals surface area contributed by atoms with Crippen molar-refractivity contribution < 1.29 is 4.92 Å². The lowest BCUT2D eigenvalue weighted by molar-refractivity contribution is -0.384. The predicted octanol–water partition coefficient (Wildman–Crippen LogP) is 4.07. The van der Waals surface area contributed by atoms with Gasteiger partial charge < -0.3 is 4.90 Å². The number of nitrogens with zero attached hydrogens (tertiary/aromatic N) is 2. The number of anilines is 1. The fourth-order valence-corrected chi connectivity index (χ4v) is 2.93. The molecule has 6 heteroatoms. The molecule has 0 N–H and O–H groups in total. The van der Waals surface area contributed by atoms with E-state index in [9.17, 15) is 10.1 Å². The maximum Gasteiger partial charge on any atom is 0.269 e. The van der Waals surface area contributed by atoms with Gasteiger partial charge in [-0.15, -0.1) is 22.9 Å². The highest BCUT2D eigenvalue weighted by Gasteiger charge is 2.13. The molecule has 0 bridgehead atoms. The summed E-state index contributed by atoms with van der Waals surface area (Å²) in [5.74, 6) is 0.264. The lowest BCUT2D eigenvalue weighted by Crippen LogP contribution is -2.21. The van der Waals surface area contributed by atoms with Crippen LogP contribution < -0.4 is 4.90 Å². The third kappa shape index (κ3) is 3.49. The number of halogens is 1. The summed E-state index contributed by atoms with van der Waals surface area (Å²) < 4.78 is 0. The number of likely N-dealkylation sites (N-methyl/N-ethyl adjacent to an activating group) is 1. The van der Waals surface area contributed by atoms with Crippen molar-refractivity contribution in [2.24, 2.45) is 0 Å². The number of non-ortho nitro benzene ring substituents is 1. The van der Waals surface area contributed by atoms with E-state index in [2.05, 4.69) is 16.3 Å². The summed E-state index contributed by atoms with van der Waals surface area (Å²) in [5, 5.41) is 12.8. The van der Waals surface area contributed by atoms with Gasteiger partial charge in [-0.2, -0.15) is 0 Å². The first-order chi connectivity index (χ1) is 9.61. The first kappa shape index (κ1) is 14.8. The number of alkyl halides is 1. The molecule has 20 heavy (non-hydrogen) atoms. The normalized spacial score (nSPS) is 10.5. The number of hydrogen-bond acceptors (Lipinski definition) is 4.